The first kappa shape index (κ1) is 24.2. The van der Waals surface area contributed by atoms with Gasteiger partial charge in [0.05, 0.1) is 11.4 Å². The Bertz CT molecular complexity index is 1920. The predicted octanol–water partition coefficient (Wildman–Crippen LogP) is 10.0. The van der Waals surface area contributed by atoms with E-state index in [0.29, 0.717) is 11.8 Å². The van der Waals surface area contributed by atoms with E-state index >= 15 is 0 Å². The van der Waals surface area contributed by atoms with Crippen LogP contribution in [-0.4, -0.2) is 9.97 Å². The minimum Gasteiger partial charge on any atom is -0.265 e. The first-order chi connectivity index (χ1) is 19.7. The molecule has 1 aliphatic carbocycles. The van der Waals surface area contributed by atoms with Gasteiger partial charge in [-0.05, 0) is 86.0 Å². The highest BCUT2D eigenvalue weighted by atomic mass is 14.7. The molecule has 7 rings (SSSR count). The molecule has 4 aromatic carbocycles. The largest absolute Gasteiger partial charge is 0.265 e. The third-order valence-corrected chi connectivity index (χ3v) is 8.25. The van der Waals surface area contributed by atoms with Gasteiger partial charge in [-0.2, -0.15) is 0 Å². The molecule has 2 atom stereocenters. The summed E-state index contributed by atoms with van der Waals surface area (Å²) in [6.07, 6.45) is 10.8. The maximum Gasteiger partial charge on any atom is 0.0710 e. The molecule has 2 heterocycles. The smallest absolute Gasteiger partial charge is 0.0710 e. The summed E-state index contributed by atoms with van der Waals surface area (Å²) in [5.74, 6) is 1.03. The first-order valence-corrected chi connectivity index (χ1v) is 14.0. The number of fused-ring (bicyclic) bond motifs is 2. The SMILES string of the molecule is CC1C=CC(c2c3ccccc3c(-c3ccccc3)c3cc(-c4cccc(-c5ccncc5)n4)ccc23)=CC1C. The molecule has 0 N–H and O–H groups in total. The lowest BCUT2D eigenvalue weighted by Crippen LogP contribution is -2.07. The average molecular weight is 515 g/mol. The second kappa shape index (κ2) is 10.1. The Morgan fingerprint density at radius 1 is 0.525 bits per heavy atom. The van der Waals surface area contributed by atoms with Gasteiger partial charge >= 0.3 is 0 Å². The van der Waals surface area contributed by atoms with Gasteiger partial charge in [0.25, 0.3) is 0 Å². The zero-order valence-corrected chi connectivity index (χ0v) is 22.8. The highest BCUT2D eigenvalue weighted by Crippen LogP contribution is 2.44. The van der Waals surface area contributed by atoms with Crippen LogP contribution in [0.25, 0.3) is 60.8 Å². The number of allylic oxidation sites excluding steroid dienone is 4. The second-order valence-corrected chi connectivity index (χ2v) is 10.8. The lowest BCUT2D eigenvalue weighted by atomic mass is 9.81. The van der Waals surface area contributed by atoms with Crippen molar-refractivity contribution in [3.63, 3.8) is 0 Å². The minimum atomic E-state index is 0.488. The summed E-state index contributed by atoms with van der Waals surface area (Å²) in [5, 5.41) is 5.07. The van der Waals surface area contributed by atoms with Crippen LogP contribution in [0.15, 0.2) is 134 Å². The summed E-state index contributed by atoms with van der Waals surface area (Å²) in [6, 6.07) is 36.8. The van der Waals surface area contributed by atoms with E-state index in [1.165, 1.54) is 43.8 Å². The van der Waals surface area contributed by atoms with Crippen LogP contribution < -0.4 is 0 Å². The maximum atomic E-state index is 5.06. The number of hydrogen-bond donors (Lipinski definition) is 0. The first-order valence-electron chi connectivity index (χ1n) is 14.0. The van der Waals surface area contributed by atoms with Crippen molar-refractivity contribution in [1.82, 2.24) is 9.97 Å². The molecular formula is C38H30N2. The molecular weight excluding hydrogens is 484 g/mol. The molecule has 40 heavy (non-hydrogen) atoms. The van der Waals surface area contributed by atoms with Crippen LogP contribution in [0.4, 0.5) is 0 Å². The van der Waals surface area contributed by atoms with Gasteiger partial charge in [-0.1, -0.05) is 105 Å². The van der Waals surface area contributed by atoms with Crippen LogP contribution in [0.5, 0.6) is 0 Å². The third-order valence-electron chi connectivity index (χ3n) is 8.25. The molecule has 2 unspecified atom stereocenters. The minimum absolute atomic E-state index is 0.488. The van der Waals surface area contributed by atoms with Gasteiger partial charge in [0.15, 0.2) is 0 Å². The Kier molecular flexibility index (Phi) is 6.09. The van der Waals surface area contributed by atoms with Crippen molar-refractivity contribution in [2.45, 2.75) is 13.8 Å². The van der Waals surface area contributed by atoms with E-state index in [1.807, 2.05) is 24.5 Å². The van der Waals surface area contributed by atoms with E-state index in [1.54, 1.807) is 0 Å². The summed E-state index contributed by atoms with van der Waals surface area (Å²) in [4.78, 5) is 9.23. The quantitative estimate of drug-likeness (QED) is 0.219. The molecule has 0 spiro atoms. The van der Waals surface area contributed by atoms with Gasteiger partial charge in [0.2, 0.25) is 0 Å². The van der Waals surface area contributed by atoms with E-state index in [0.717, 1.165) is 22.5 Å². The van der Waals surface area contributed by atoms with Crippen molar-refractivity contribution >= 4 is 27.1 Å². The number of nitrogens with zero attached hydrogens (tertiary/aromatic N) is 2. The summed E-state index contributed by atoms with van der Waals surface area (Å²) in [5.41, 5.74) is 9.19. The predicted molar refractivity (Wildman–Crippen MR) is 169 cm³/mol. The molecule has 0 fully saturated rings. The van der Waals surface area contributed by atoms with Crippen molar-refractivity contribution in [3.8, 4) is 33.6 Å². The van der Waals surface area contributed by atoms with Crippen molar-refractivity contribution in [2.24, 2.45) is 11.8 Å². The fourth-order valence-corrected chi connectivity index (χ4v) is 5.93. The molecule has 0 radical (unpaired) electrons. The molecule has 0 bridgehead atoms. The standard InChI is InChI=1S/C38H30N2/c1-25-15-16-30(23-26(25)2)38-32-12-7-6-11-31(32)37(28-9-4-3-5-10-28)34-24-29(17-18-33(34)38)36-14-8-13-35(40-36)27-19-21-39-22-20-27/h3-26H,1-2H3. The Labute approximate surface area is 235 Å². The van der Waals surface area contributed by atoms with Gasteiger partial charge in [-0.3, -0.25) is 4.98 Å². The Morgan fingerprint density at radius 2 is 1.20 bits per heavy atom. The zero-order chi connectivity index (χ0) is 27.1. The maximum absolute atomic E-state index is 5.06. The van der Waals surface area contributed by atoms with Crippen molar-refractivity contribution in [3.05, 3.63) is 139 Å². The van der Waals surface area contributed by atoms with E-state index in [2.05, 4.69) is 128 Å². The van der Waals surface area contributed by atoms with Crippen LogP contribution in [-0.2, 0) is 0 Å². The summed E-state index contributed by atoms with van der Waals surface area (Å²) < 4.78 is 0. The van der Waals surface area contributed by atoms with Gasteiger partial charge in [0.1, 0.15) is 0 Å². The van der Waals surface area contributed by atoms with Gasteiger partial charge in [-0.15, -0.1) is 0 Å². The van der Waals surface area contributed by atoms with Crippen molar-refractivity contribution in [1.29, 1.82) is 0 Å². The molecule has 2 aromatic heterocycles. The Morgan fingerprint density at radius 3 is 1.95 bits per heavy atom. The van der Waals surface area contributed by atoms with E-state index < -0.39 is 0 Å². The number of rotatable bonds is 4. The lowest BCUT2D eigenvalue weighted by Gasteiger charge is -2.23. The zero-order valence-electron chi connectivity index (χ0n) is 22.8. The number of benzene rings is 4. The van der Waals surface area contributed by atoms with Crippen LogP contribution in [0.3, 0.4) is 0 Å². The van der Waals surface area contributed by atoms with Crippen LogP contribution >= 0.6 is 0 Å². The molecule has 192 valence electrons. The molecule has 0 amide bonds. The Hall–Kier alpha value is -4.82. The average Bonchev–Trinajstić information content (AvgIpc) is 3.02. The number of aromatic nitrogens is 2. The molecule has 0 saturated heterocycles. The fraction of sp³-hybridized carbons (Fsp3) is 0.105. The fourth-order valence-electron chi connectivity index (χ4n) is 5.93. The summed E-state index contributed by atoms with van der Waals surface area (Å²) in [6.45, 7) is 4.61. The van der Waals surface area contributed by atoms with Gasteiger partial charge < -0.3 is 0 Å². The van der Waals surface area contributed by atoms with E-state index in [4.69, 9.17) is 4.98 Å². The highest BCUT2D eigenvalue weighted by molar-refractivity contribution is 6.20. The second-order valence-electron chi connectivity index (χ2n) is 10.8. The van der Waals surface area contributed by atoms with E-state index in [-0.39, 0.29) is 0 Å². The van der Waals surface area contributed by atoms with Crippen LogP contribution in [0.1, 0.15) is 19.4 Å². The molecule has 1 aliphatic rings. The molecule has 2 nitrogen and oxygen atoms in total. The highest BCUT2D eigenvalue weighted by Gasteiger charge is 2.20. The summed E-state index contributed by atoms with van der Waals surface area (Å²) in [7, 11) is 0. The van der Waals surface area contributed by atoms with E-state index in [9.17, 15) is 0 Å². The lowest BCUT2D eigenvalue weighted by molar-refractivity contribution is 0.554. The molecule has 2 heteroatoms. The normalized spacial score (nSPS) is 16.8. The molecule has 0 aliphatic heterocycles. The van der Waals surface area contributed by atoms with Crippen LogP contribution in [0.2, 0.25) is 0 Å². The third kappa shape index (κ3) is 4.23. The van der Waals surface area contributed by atoms with Gasteiger partial charge in [0, 0.05) is 23.5 Å². The number of pyridine rings is 2. The summed E-state index contributed by atoms with van der Waals surface area (Å²) >= 11 is 0. The van der Waals surface area contributed by atoms with Crippen LogP contribution in [0, 0.1) is 11.8 Å². The monoisotopic (exact) mass is 514 g/mol. The topological polar surface area (TPSA) is 25.8 Å². The Balaban J connectivity index is 1.53. The number of hydrogen-bond acceptors (Lipinski definition) is 2. The van der Waals surface area contributed by atoms with Crippen molar-refractivity contribution < 1.29 is 0 Å². The molecule has 6 aromatic rings. The van der Waals surface area contributed by atoms with Crippen molar-refractivity contribution in [2.75, 3.05) is 0 Å². The molecule has 0 saturated carbocycles. The van der Waals surface area contributed by atoms with Gasteiger partial charge in [-0.25, -0.2) is 4.98 Å².